The van der Waals surface area contributed by atoms with Gasteiger partial charge in [-0.1, -0.05) is 30.3 Å². The zero-order valence-electron chi connectivity index (χ0n) is 15.5. The molecule has 7 nitrogen and oxygen atoms in total. The van der Waals surface area contributed by atoms with E-state index in [1.807, 2.05) is 35.7 Å². The van der Waals surface area contributed by atoms with Gasteiger partial charge in [0.1, 0.15) is 5.75 Å². The monoisotopic (exact) mass is 407 g/mol. The number of carbonyl (C=O) groups excluding carboxylic acids is 1. The Morgan fingerprint density at radius 3 is 2.76 bits per heavy atom. The molecule has 0 radical (unpaired) electrons. The molecule has 0 N–H and O–H groups in total. The number of ether oxygens (including phenoxy) is 1. The molecule has 1 aliphatic rings. The highest BCUT2D eigenvalue weighted by Crippen LogP contribution is 2.36. The SMILES string of the molecule is COc1cccc(C2=NN(C(=O)c3cccs3)C(c3cccc([N+](=O)[O-])c3)C2)c1. The minimum Gasteiger partial charge on any atom is -0.497 e. The van der Waals surface area contributed by atoms with Gasteiger partial charge in [0, 0.05) is 24.1 Å². The van der Waals surface area contributed by atoms with Crippen LogP contribution in [0.15, 0.2) is 71.1 Å². The van der Waals surface area contributed by atoms with Crippen LogP contribution < -0.4 is 4.74 Å². The molecule has 1 aromatic heterocycles. The molecule has 1 amide bonds. The lowest BCUT2D eigenvalue weighted by atomic mass is 9.98. The Balaban J connectivity index is 1.75. The van der Waals surface area contributed by atoms with E-state index in [-0.39, 0.29) is 11.6 Å². The number of nitro benzene ring substituents is 1. The van der Waals surface area contributed by atoms with Crippen molar-refractivity contribution in [2.45, 2.75) is 12.5 Å². The first-order chi connectivity index (χ1) is 14.1. The van der Waals surface area contributed by atoms with Crippen LogP contribution in [0, 0.1) is 10.1 Å². The minimum absolute atomic E-state index is 0.0131. The topological polar surface area (TPSA) is 85.0 Å². The lowest BCUT2D eigenvalue weighted by Gasteiger charge is -2.21. The summed E-state index contributed by atoms with van der Waals surface area (Å²) in [4.78, 5) is 24.4. The van der Waals surface area contributed by atoms with Gasteiger partial charge in [0.15, 0.2) is 0 Å². The zero-order valence-corrected chi connectivity index (χ0v) is 16.3. The van der Waals surface area contributed by atoms with E-state index < -0.39 is 11.0 Å². The van der Waals surface area contributed by atoms with E-state index >= 15 is 0 Å². The summed E-state index contributed by atoms with van der Waals surface area (Å²) in [5, 5.41) is 19.1. The van der Waals surface area contributed by atoms with Gasteiger partial charge in [0.05, 0.1) is 28.7 Å². The van der Waals surface area contributed by atoms with E-state index in [1.165, 1.54) is 28.5 Å². The molecule has 0 bridgehead atoms. The number of carbonyl (C=O) groups is 1. The molecule has 29 heavy (non-hydrogen) atoms. The van der Waals surface area contributed by atoms with E-state index in [9.17, 15) is 14.9 Å². The van der Waals surface area contributed by atoms with Gasteiger partial charge in [-0.25, -0.2) is 5.01 Å². The summed E-state index contributed by atoms with van der Waals surface area (Å²) < 4.78 is 5.29. The number of non-ortho nitro benzene ring substituents is 1. The Morgan fingerprint density at radius 1 is 1.21 bits per heavy atom. The van der Waals surface area contributed by atoms with Crippen LogP contribution in [0.5, 0.6) is 5.75 Å². The van der Waals surface area contributed by atoms with Crippen molar-refractivity contribution in [1.29, 1.82) is 0 Å². The standard InChI is InChI=1S/C21H17N3O4S/c1-28-17-8-3-5-14(12-17)18-13-19(15-6-2-7-16(11-15)24(26)27)23(22-18)21(25)20-9-4-10-29-20/h2-12,19H,13H2,1H3. The van der Waals surface area contributed by atoms with Gasteiger partial charge in [-0.15, -0.1) is 11.3 Å². The maximum absolute atomic E-state index is 13.1. The number of thiophene rings is 1. The van der Waals surface area contributed by atoms with E-state index in [0.717, 1.165) is 11.3 Å². The fourth-order valence-electron chi connectivity index (χ4n) is 3.29. The second kappa shape index (κ2) is 7.84. The number of nitrogens with zero attached hydrogens (tertiary/aromatic N) is 3. The lowest BCUT2D eigenvalue weighted by Crippen LogP contribution is -2.26. The van der Waals surface area contributed by atoms with Gasteiger partial charge in [0.2, 0.25) is 0 Å². The largest absolute Gasteiger partial charge is 0.497 e. The Bertz CT molecular complexity index is 1090. The number of hydrogen-bond donors (Lipinski definition) is 0. The van der Waals surface area contributed by atoms with Crippen LogP contribution >= 0.6 is 11.3 Å². The summed E-state index contributed by atoms with van der Waals surface area (Å²) in [5.74, 6) is 0.467. The van der Waals surface area contributed by atoms with E-state index in [0.29, 0.717) is 22.6 Å². The third-order valence-electron chi connectivity index (χ3n) is 4.72. The number of rotatable bonds is 5. The molecule has 0 spiro atoms. The van der Waals surface area contributed by atoms with Crippen molar-refractivity contribution in [2.24, 2.45) is 5.10 Å². The van der Waals surface area contributed by atoms with Crippen molar-refractivity contribution in [3.63, 3.8) is 0 Å². The number of nitro groups is 1. The van der Waals surface area contributed by atoms with Crippen LogP contribution in [0.2, 0.25) is 0 Å². The van der Waals surface area contributed by atoms with Crippen molar-refractivity contribution in [3.05, 3.63) is 92.2 Å². The van der Waals surface area contributed by atoms with E-state index in [1.54, 1.807) is 25.3 Å². The maximum atomic E-state index is 13.1. The number of methoxy groups -OCH3 is 1. The normalized spacial score (nSPS) is 15.8. The predicted molar refractivity (Wildman–Crippen MR) is 110 cm³/mol. The molecule has 4 rings (SSSR count). The average molecular weight is 407 g/mol. The quantitative estimate of drug-likeness (QED) is 0.455. The fraction of sp³-hybridized carbons (Fsp3) is 0.143. The molecule has 0 saturated carbocycles. The van der Waals surface area contributed by atoms with E-state index in [2.05, 4.69) is 5.10 Å². The summed E-state index contributed by atoms with van der Waals surface area (Å²) in [6.45, 7) is 0. The molecule has 1 aliphatic heterocycles. The van der Waals surface area contributed by atoms with Gasteiger partial charge in [-0.05, 0) is 29.1 Å². The molecule has 1 unspecified atom stereocenters. The third-order valence-corrected chi connectivity index (χ3v) is 5.58. The van der Waals surface area contributed by atoms with Crippen molar-refractivity contribution in [2.75, 3.05) is 7.11 Å². The lowest BCUT2D eigenvalue weighted by molar-refractivity contribution is -0.384. The third kappa shape index (κ3) is 3.74. The minimum atomic E-state index is -0.437. The van der Waals surface area contributed by atoms with Crippen LogP contribution in [0.4, 0.5) is 5.69 Å². The molecule has 8 heteroatoms. The second-order valence-electron chi connectivity index (χ2n) is 6.48. The Kier molecular flexibility index (Phi) is 5.09. The van der Waals surface area contributed by atoms with Crippen molar-refractivity contribution in [3.8, 4) is 5.75 Å². The molecule has 2 heterocycles. The van der Waals surface area contributed by atoms with Crippen molar-refractivity contribution in [1.82, 2.24) is 5.01 Å². The highest BCUT2D eigenvalue weighted by Gasteiger charge is 2.34. The summed E-state index contributed by atoms with van der Waals surface area (Å²) in [6.07, 6.45) is 0.450. The highest BCUT2D eigenvalue weighted by molar-refractivity contribution is 7.12. The number of benzene rings is 2. The number of hydrogen-bond acceptors (Lipinski definition) is 6. The van der Waals surface area contributed by atoms with Gasteiger partial charge < -0.3 is 4.74 Å². The molecule has 2 aromatic carbocycles. The van der Waals surface area contributed by atoms with Crippen molar-refractivity contribution >= 4 is 28.6 Å². The van der Waals surface area contributed by atoms with Gasteiger partial charge in [0.25, 0.3) is 11.6 Å². The van der Waals surface area contributed by atoms with Crippen LogP contribution in [-0.4, -0.2) is 28.7 Å². The van der Waals surface area contributed by atoms with Crippen molar-refractivity contribution < 1.29 is 14.5 Å². The molecule has 0 fully saturated rings. The van der Waals surface area contributed by atoms with Crippen LogP contribution in [0.1, 0.15) is 33.3 Å². The summed E-state index contributed by atoms with van der Waals surface area (Å²) in [7, 11) is 1.59. The Morgan fingerprint density at radius 2 is 2.03 bits per heavy atom. The predicted octanol–water partition coefficient (Wildman–Crippen LogP) is 4.66. The first-order valence-corrected chi connectivity index (χ1v) is 9.78. The Labute approximate surface area is 171 Å². The summed E-state index contributed by atoms with van der Waals surface area (Å²) in [5.41, 5.74) is 2.23. The number of hydrazone groups is 1. The van der Waals surface area contributed by atoms with Crippen LogP contribution in [0.25, 0.3) is 0 Å². The number of amides is 1. The molecule has 146 valence electrons. The average Bonchev–Trinajstić information content (AvgIpc) is 3.44. The van der Waals surface area contributed by atoms with Crippen LogP contribution in [-0.2, 0) is 0 Å². The first kappa shape index (κ1) is 18.8. The Hall–Kier alpha value is -3.52. The molecule has 3 aromatic rings. The molecular weight excluding hydrogens is 390 g/mol. The molecule has 0 aliphatic carbocycles. The molecule has 1 atom stereocenters. The molecule has 0 saturated heterocycles. The van der Waals surface area contributed by atoms with Crippen LogP contribution in [0.3, 0.4) is 0 Å². The second-order valence-corrected chi connectivity index (χ2v) is 7.43. The smallest absolute Gasteiger partial charge is 0.284 e. The summed E-state index contributed by atoms with van der Waals surface area (Å²) in [6, 6.07) is 17.0. The van der Waals surface area contributed by atoms with Gasteiger partial charge >= 0.3 is 0 Å². The van der Waals surface area contributed by atoms with E-state index in [4.69, 9.17) is 4.74 Å². The zero-order chi connectivity index (χ0) is 20.4. The summed E-state index contributed by atoms with van der Waals surface area (Å²) >= 11 is 1.34. The highest BCUT2D eigenvalue weighted by atomic mass is 32.1. The maximum Gasteiger partial charge on any atom is 0.284 e. The van der Waals surface area contributed by atoms with Gasteiger partial charge in [-0.2, -0.15) is 5.10 Å². The first-order valence-electron chi connectivity index (χ1n) is 8.90. The fourth-order valence-corrected chi connectivity index (χ4v) is 3.95. The molecular formula is C21H17N3O4S. The van der Waals surface area contributed by atoms with Gasteiger partial charge in [-0.3, -0.25) is 14.9 Å².